The van der Waals surface area contributed by atoms with Gasteiger partial charge in [0.15, 0.2) is 0 Å². The van der Waals surface area contributed by atoms with E-state index in [9.17, 15) is 26.7 Å². The zero-order valence-corrected chi connectivity index (χ0v) is 24.3. The maximum absolute atomic E-state index is 14.2. The summed E-state index contributed by atoms with van der Waals surface area (Å²) in [6, 6.07) is 11.7. The first-order valence-corrected chi connectivity index (χ1v) is 14.2. The van der Waals surface area contributed by atoms with Crippen LogP contribution in [0.1, 0.15) is 78.0 Å². The number of anilines is 1. The van der Waals surface area contributed by atoms with Gasteiger partial charge in [-0.2, -0.15) is 18.4 Å². The Balaban J connectivity index is 0.00000118. The van der Waals surface area contributed by atoms with E-state index in [-0.39, 0.29) is 49.1 Å². The number of alkyl halides is 5. The van der Waals surface area contributed by atoms with Crippen molar-refractivity contribution < 1.29 is 26.7 Å². The third-order valence-electron chi connectivity index (χ3n) is 8.88. The second-order valence-corrected chi connectivity index (χ2v) is 11.7. The minimum absolute atomic E-state index is 0.0114. The van der Waals surface area contributed by atoms with Gasteiger partial charge < -0.3 is 9.47 Å². The number of nitriles is 1. The van der Waals surface area contributed by atoms with Gasteiger partial charge in [0.05, 0.1) is 23.6 Å². The molecule has 0 bridgehead atoms. The van der Waals surface area contributed by atoms with E-state index in [4.69, 9.17) is 5.26 Å². The van der Waals surface area contributed by atoms with E-state index in [2.05, 4.69) is 10.2 Å². The second kappa shape index (κ2) is 11.3. The maximum Gasteiger partial charge on any atom is 0.416 e. The van der Waals surface area contributed by atoms with Gasteiger partial charge >= 0.3 is 6.18 Å². The summed E-state index contributed by atoms with van der Waals surface area (Å²) < 4.78 is 72.5. The number of aryl methyl sites for hydroxylation is 1. The molecule has 1 amide bonds. The van der Waals surface area contributed by atoms with Gasteiger partial charge in [0.2, 0.25) is 0 Å². The molecule has 2 fully saturated rings. The fourth-order valence-corrected chi connectivity index (χ4v) is 6.45. The van der Waals surface area contributed by atoms with Crippen LogP contribution in [0.25, 0.3) is 0 Å². The highest BCUT2D eigenvalue weighted by Gasteiger charge is 2.45. The Labute approximate surface area is 246 Å². The summed E-state index contributed by atoms with van der Waals surface area (Å²) in [5, 5.41) is 15.7. The predicted octanol–water partition coefficient (Wildman–Crippen LogP) is 6.47. The summed E-state index contributed by atoms with van der Waals surface area (Å²) in [5.74, 6) is -3.37. The van der Waals surface area contributed by atoms with Crippen molar-refractivity contribution >= 4 is 11.6 Å². The normalized spacial score (nSPS) is 21.0. The molecule has 3 aliphatic rings. The molecule has 3 heterocycles. The number of carbonyl (C=O) groups excluding carboxylic acids is 1. The second-order valence-electron chi connectivity index (χ2n) is 11.7. The zero-order chi connectivity index (χ0) is 31.2. The van der Waals surface area contributed by atoms with E-state index in [1.54, 1.807) is 23.4 Å². The average molecular weight is 601 g/mol. The van der Waals surface area contributed by atoms with Crippen molar-refractivity contribution in [3.63, 3.8) is 0 Å². The van der Waals surface area contributed by atoms with Crippen LogP contribution in [-0.4, -0.2) is 44.6 Å². The maximum atomic E-state index is 14.2. The molecule has 43 heavy (non-hydrogen) atoms. The number of halogens is 5. The van der Waals surface area contributed by atoms with E-state index in [1.165, 1.54) is 24.8 Å². The van der Waals surface area contributed by atoms with Crippen LogP contribution in [0.5, 0.6) is 0 Å². The van der Waals surface area contributed by atoms with Crippen LogP contribution in [-0.2, 0) is 31.7 Å². The van der Waals surface area contributed by atoms with Crippen molar-refractivity contribution in [2.24, 2.45) is 13.0 Å². The SMILES string of the molecule is CC#N.C[C@@H]1CN(Cc2cc3c(c(C(F)(F)F)c2)CN(c2cccc(C4(c5nncn5C)CCC4)c2)C3=O)CCC1(F)F. The van der Waals surface area contributed by atoms with Crippen LogP contribution in [0.3, 0.4) is 0 Å². The molecule has 228 valence electrons. The number of piperidine rings is 1. The molecule has 1 saturated carbocycles. The molecule has 2 aromatic carbocycles. The molecule has 0 unspecified atom stereocenters. The lowest BCUT2D eigenvalue weighted by atomic mass is 9.63. The third kappa shape index (κ3) is 5.62. The van der Waals surface area contributed by atoms with Gasteiger partial charge in [-0.25, -0.2) is 8.78 Å². The summed E-state index contributed by atoms with van der Waals surface area (Å²) in [4.78, 5) is 16.7. The molecule has 1 atom stereocenters. The van der Waals surface area contributed by atoms with E-state index in [1.807, 2.05) is 29.8 Å². The molecule has 0 N–H and O–H groups in total. The summed E-state index contributed by atoms with van der Waals surface area (Å²) in [6.07, 6.45) is -0.631. The highest BCUT2D eigenvalue weighted by molar-refractivity contribution is 6.10. The first kappa shape index (κ1) is 30.6. The lowest BCUT2D eigenvalue weighted by Crippen LogP contribution is -2.45. The first-order valence-electron chi connectivity index (χ1n) is 14.2. The van der Waals surface area contributed by atoms with Gasteiger partial charge in [-0.15, -0.1) is 10.2 Å². The first-order chi connectivity index (χ1) is 20.3. The minimum atomic E-state index is -4.67. The standard InChI is InChI=1S/C29H30F5N5O.C2H3N/c1-18-14-38(10-9-28(18,30)31)15-19-11-22-23(24(12-19)29(32,33)34)16-39(25(22)40)21-6-3-5-20(13-21)27(7-4-8-27)26-36-35-17-37(26)2;1-2-3/h3,5-6,11-13,17-18H,4,7-10,14-16H2,1-2H3;1H3/t18-;/m1./s1. The molecule has 6 rings (SSSR count). The molecule has 12 heteroatoms. The van der Waals surface area contributed by atoms with Crippen LogP contribution >= 0.6 is 0 Å². The molecule has 0 radical (unpaired) electrons. The molecule has 1 aromatic heterocycles. The number of rotatable bonds is 5. The fourth-order valence-electron chi connectivity index (χ4n) is 6.45. The van der Waals surface area contributed by atoms with Crippen molar-refractivity contribution in [3.8, 4) is 6.07 Å². The van der Waals surface area contributed by atoms with Crippen LogP contribution in [0, 0.1) is 17.2 Å². The van der Waals surface area contributed by atoms with Gasteiger partial charge in [-0.3, -0.25) is 9.69 Å². The van der Waals surface area contributed by atoms with Gasteiger partial charge in [-0.05, 0) is 53.8 Å². The fraction of sp³-hybridized carbons (Fsp3) is 0.484. The highest BCUT2D eigenvalue weighted by Crippen LogP contribution is 2.49. The van der Waals surface area contributed by atoms with Gasteiger partial charge in [0, 0.05) is 57.2 Å². The van der Waals surface area contributed by atoms with Crippen molar-refractivity contribution in [1.82, 2.24) is 19.7 Å². The summed E-state index contributed by atoms with van der Waals surface area (Å²) in [6.45, 7) is 2.90. The predicted molar refractivity (Wildman–Crippen MR) is 149 cm³/mol. The van der Waals surface area contributed by atoms with Gasteiger partial charge in [-0.1, -0.05) is 25.5 Å². The topological polar surface area (TPSA) is 78.1 Å². The van der Waals surface area contributed by atoms with Crippen molar-refractivity contribution in [1.29, 1.82) is 5.26 Å². The van der Waals surface area contributed by atoms with Crippen LogP contribution in [0.15, 0.2) is 42.7 Å². The zero-order valence-electron chi connectivity index (χ0n) is 24.3. The van der Waals surface area contributed by atoms with E-state index in [0.717, 1.165) is 36.7 Å². The lowest BCUT2D eigenvalue weighted by Gasteiger charge is -2.41. The molecule has 1 saturated heterocycles. The van der Waals surface area contributed by atoms with E-state index in [0.29, 0.717) is 11.3 Å². The smallest absolute Gasteiger partial charge is 0.320 e. The van der Waals surface area contributed by atoms with E-state index >= 15 is 0 Å². The molecular weight excluding hydrogens is 567 g/mol. The Morgan fingerprint density at radius 1 is 1.14 bits per heavy atom. The number of amides is 1. The van der Waals surface area contributed by atoms with E-state index < -0.39 is 29.5 Å². The molecular formula is C31H33F5N6O. The third-order valence-corrected chi connectivity index (χ3v) is 8.88. The number of likely N-dealkylation sites (tertiary alicyclic amines) is 1. The Hall–Kier alpha value is -3.85. The lowest BCUT2D eigenvalue weighted by molar-refractivity contribution is -0.138. The number of fused-ring (bicyclic) bond motifs is 1. The summed E-state index contributed by atoms with van der Waals surface area (Å²) in [5.41, 5.74) is 0.510. The monoisotopic (exact) mass is 600 g/mol. The van der Waals surface area contributed by atoms with Crippen LogP contribution < -0.4 is 4.90 Å². The number of carbonyl (C=O) groups is 1. The Bertz CT molecular complexity index is 1550. The number of hydrogen-bond acceptors (Lipinski definition) is 5. The molecule has 3 aromatic rings. The Kier molecular flexibility index (Phi) is 8.07. The van der Waals surface area contributed by atoms with Crippen molar-refractivity contribution in [3.05, 3.63) is 76.4 Å². The van der Waals surface area contributed by atoms with Crippen LogP contribution in [0.4, 0.5) is 27.6 Å². The Morgan fingerprint density at radius 2 is 1.86 bits per heavy atom. The van der Waals surface area contributed by atoms with Gasteiger partial charge in [0.25, 0.3) is 11.8 Å². The Morgan fingerprint density at radius 3 is 2.44 bits per heavy atom. The highest BCUT2D eigenvalue weighted by atomic mass is 19.4. The average Bonchev–Trinajstić information content (AvgIpc) is 3.49. The number of benzene rings is 2. The molecule has 0 spiro atoms. The van der Waals surface area contributed by atoms with Crippen molar-refractivity contribution in [2.45, 2.75) is 70.1 Å². The quantitative estimate of drug-likeness (QED) is 0.314. The summed E-state index contributed by atoms with van der Waals surface area (Å²) in [7, 11) is 1.88. The number of aromatic nitrogens is 3. The summed E-state index contributed by atoms with van der Waals surface area (Å²) >= 11 is 0. The van der Waals surface area contributed by atoms with Crippen molar-refractivity contribution in [2.75, 3.05) is 18.0 Å². The molecule has 1 aliphatic carbocycles. The van der Waals surface area contributed by atoms with Crippen LogP contribution in [0.2, 0.25) is 0 Å². The number of hydrogen-bond donors (Lipinski definition) is 0. The largest absolute Gasteiger partial charge is 0.416 e. The molecule has 7 nitrogen and oxygen atoms in total. The minimum Gasteiger partial charge on any atom is -0.320 e. The van der Waals surface area contributed by atoms with Gasteiger partial charge in [0.1, 0.15) is 12.2 Å². The number of nitrogens with zero attached hydrogens (tertiary/aromatic N) is 6. The molecule has 2 aliphatic heterocycles.